The third-order valence-electron chi connectivity index (χ3n) is 2.90. The first-order valence-corrected chi connectivity index (χ1v) is 5.62. The highest BCUT2D eigenvalue weighted by molar-refractivity contribution is 5.55. The lowest BCUT2D eigenvalue weighted by molar-refractivity contribution is 0.301. The van der Waals surface area contributed by atoms with E-state index in [0.29, 0.717) is 19.1 Å². The summed E-state index contributed by atoms with van der Waals surface area (Å²) in [7, 11) is 0. The molecular formula is C12H17FN2O. The minimum atomic E-state index is -0.260. The molecule has 0 heterocycles. The smallest absolute Gasteiger partial charge is 0.123 e. The average Bonchev–Trinajstić information content (AvgIpc) is 3.10. The first-order valence-electron chi connectivity index (χ1n) is 5.62. The molecule has 0 bridgehead atoms. The number of anilines is 1. The number of nitrogens with zero attached hydrogens (tertiary/aromatic N) is 1. The van der Waals surface area contributed by atoms with Gasteiger partial charge >= 0.3 is 0 Å². The van der Waals surface area contributed by atoms with Crippen molar-refractivity contribution in [3.63, 3.8) is 0 Å². The third kappa shape index (κ3) is 2.33. The van der Waals surface area contributed by atoms with Gasteiger partial charge in [0.05, 0.1) is 6.61 Å². The molecule has 1 aliphatic rings. The van der Waals surface area contributed by atoms with Crippen LogP contribution in [0, 0.1) is 5.82 Å². The highest BCUT2D eigenvalue weighted by Crippen LogP contribution is 2.33. The summed E-state index contributed by atoms with van der Waals surface area (Å²) in [5.41, 5.74) is 7.38. The predicted octanol–water partition coefficient (Wildman–Crippen LogP) is 1.25. The van der Waals surface area contributed by atoms with Crippen LogP contribution < -0.4 is 10.6 Å². The van der Waals surface area contributed by atoms with Crippen molar-refractivity contribution >= 4 is 5.69 Å². The van der Waals surface area contributed by atoms with Gasteiger partial charge in [-0.25, -0.2) is 4.39 Å². The van der Waals surface area contributed by atoms with E-state index in [-0.39, 0.29) is 12.4 Å². The molecule has 3 N–H and O–H groups in total. The van der Waals surface area contributed by atoms with Crippen molar-refractivity contribution in [2.45, 2.75) is 25.4 Å². The first kappa shape index (κ1) is 11.4. The molecule has 0 radical (unpaired) electrons. The van der Waals surface area contributed by atoms with Crippen LogP contribution in [0.5, 0.6) is 0 Å². The van der Waals surface area contributed by atoms with Crippen LogP contribution in [0.3, 0.4) is 0 Å². The number of benzene rings is 1. The zero-order valence-corrected chi connectivity index (χ0v) is 9.19. The Labute approximate surface area is 94.7 Å². The molecule has 0 aromatic heterocycles. The number of aliphatic hydroxyl groups excluding tert-OH is 1. The molecule has 3 nitrogen and oxygen atoms in total. The van der Waals surface area contributed by atoms with Gasteiger partial charge in [-0.05, 0) is 36.6 Å². The van der Waals surface area contributed by atoms with Crippen molar-refractivity contribution < 1.29 is 9.50 Å². The van der Waals surface area contributed by atoms with Crippen LogP contribution in [0.25, 0.3) is 0 Å². The van der Waals surface area contributed by atoms with Gasteiger partial charge in [0, 0.05) is 24.8 Å². The summed E-state index contributed by atoms with van der Waals surface area (Å²) >= 11 is 0. The van der Waals surface area contributed by atoms with E-state index in [4.69, 9.17) is 10.8 Å². The summed E-state index contributed by atoms with van der Waals surface area (Å²) in [4.78, 5) is 2.13. The molecule has 2 rings (SSSR count). The summed E-state index contributed by atoms with van der Waals surface area (Å²) in [6, 6.07) is 5.16. The van der Waals surface area contributed by atoms with Crippen LogP contribution in [-0.2, 0) is 6.54 Å². The predicted molar refractivity (Wildman–Crippen MR) is 61.7 cm³/mol. The minimum absolute atomic E-state index is 0.109. The molecule has 88 valence electrons. The van der Waals surface area contributed by atoms with Gasteiger partial charge in [-0.15, -0.1) is 0 Å². The quantitative estimate of drug-likeness (QED) is 0.791. The Morgan fingerprint density at radius 3 is 2.75 bits per heavy atom. The van der Waals surface area contributed by atoms with Gasteiger partial charge in [-0.1, -0.05) is 0 Å². The van der Waals surface area contributed by atoms with E-state index in [1.807, 2.05) is 0 Å². The molecule has 0 saturated heterocycles. The summed E-state index contributed by atoms with van der Waals surface area (Å²) in [5, 5.41) is 9.05. The highest BCUT2D eigenvalue weighted by atomic mass is 19.1. The standard InChI is InChI=1S/C12H17FN2O/c13-10-1-4-12(9(7-10)8-14)15(5-6-16)11-2-3-11/h1,4,7,11,16H,2-3,5-6,8,14H2. The first-order chi connectivity index (χ1) is 7.76. The second-order valence-electron chi connectivity index (χ2n) is 4.13. The summed E-state index contributed by atoms with van der Waals surface area (Å²) < 4.78 is 13.1. The lowest BCUT2D eigenvalue weighted by Gasteiger charge is -2.26. The molecule has 0 unspecified atom stereocenters. The zero-order chi connectivity index (χ0) is 11.5. The number of halogens is 1. The van der Waals surface area contributed by atoms with Crippen LogP contribution >= 0.6 is 0 Å². The van der Waals surface area contributed by atoms with Crippen LogP contribution in [0.4, 0.5) is 10.1 Å². The van der Waals surface area contributed by atoms with E-state index < -0.39 is 0 Å². The number of hydrogen-bond donors (Lipinski definition) is 2. The van der Waals surface area contributed by atoms with Crippen molar-refractivity contribution in [2.24, 2.45) is 5.73 Å². The summed E-state index contributed by atoms with van der Waals surface area (Å²) in [6.07, 6.45) is 2.28. The fraction of sp³-hybridized carbons (Fsp3) is 0.500. The maximum absolute atomic E-state index is 13.1. The van der Waals surface area contributed by atoms with E-state index in [1.165, 1.54) is 12.1 Å². The van der Waals surface area contributed by atoms with Crippen LogP contribution in [0.1, 0.15) is 18.4 Å². The molecule has 0 spiro atoms. The second kappa shape index (κ2) is 4.80. The molecule has 1 saturated carbocycles. The Balaban J connectivity index is 2.28. The van der Waals surface area contributed by atoms with Gasteiger partial charge in [-0.2, -0.15) is 0 Å². The van der Waals surface area contributed by atoms with Crippen molar-refractivity contribution in [3.8, 4) is 0 Å². The normalized spacial score (nSPS) is 15.2. The average molecular weight is 224 g/mol. The molecule has 4 heteroatoms. The Bertz CT molecular complexity index is 366. The van der Waals surface area contributed by atoms with E-state index in [0.717, 1.165) is 24.1 Å². The number of hydrogen-bond acceptors (Lipinski definition) is 3. The number of aliphatic hydroxyl groups is 1. The maximum Gasteiger partial charge on any atom is 0.123 e. The zero-order valence-electron chi connectivity index (χ0n) is 9.19. The second-order valence-corrected chi connectivity index (χ2v) is 4.13. The van der Waals surface area contributed by atoms with Crippen molar-refractivity contribution in [2.75, 3.05) is 18.1 Å². The van der Waals surface area contributed by atoms with E-state index in [2.05, 4.69) is 4.90 Å². The van der Waals surface area contributed by atoms with E-state index in [1.54, 1.807) is 6.07 Å². The fourth-order valence-electron chi connectivity index (χ4n) is 1.99. The lowest BCUT2D eigenvalue weighted by atomic mass is 10.1. The van der Waals surface area contributed by atoms with Gasteiger partial charge in [0.2, 0.25) is 0 Å². The summed E-state index contributed by atoms with van der Waals surface area (Å²) in [6.45, 7) is 1.02. The Kier molecular flexibility index (Phi) is 3.41. The third-order valence-corrected chi connectivity index (χ3v) is 2.90. The molecule has 1 aromatic rings. The molecule has 16 heavy (non-hydrogen) atoms. The maximum atomic E-state index is 13.1. The molecule has 1 fully saturated rings. The molecule has 1 aromatic carbocycles. The van der Waals surface area contributed by atoms with Gasteiger partial charge in [-0.3, -0.25) is 0 Å². The van der Waals surface area contributed by atoms with Crippen LogP contribution in [0.15, 0.2) is 18.2 Å². The highest BCUT2D eigenvalue weighted by Gasteiger charge is 2.29. The van der Waals surface area contributed by atoms with Crippen LogP contribution in [0.2, 0.25) is 0 Å². The van der Waals surface area contributed by atoms with Crippen molar-refractivity contribution in [3.05, 3.63) is 29.6 Å². The van der Waals surface area contributed by atoms with E-state index in [9.17, 15) is 4.39 Å². The largest absolute Gasteiger partial charge is 0.395 e. The van der Waals surface area contributed by atoms with E-state index >= 15 is 0 Å². The van der Waals surface area contributed by atoms with Crippen molar-refractivity contribution in [1.82, 2.24) is 0 Å². The molecule has 0 amide bonds. The van der Waals surface area contributed by atoms with Gasteiger partial charge < -0.3 is 15.7 Å². The molecule has 0 atom stereocenters. The Hall–Kier alpha value is -1.13. The van der Waals surface area contributed by atoms with Gasteiger partial charge in [0.15, 0.2) is 0 Å². The topological polar surface area (TPSA) is 49.5 Å². The molecule has 0 aliphatic heterocycles. The SMILES string of the molecule is NCc1cc(F)ccc1N(CCO)C1CC1. The Morgan fingerprint density at radius 2 is 2.19 bits per heavy atom. The molecule has 1 aliphatic carbocycles. The van der Waals surface area contributed by atoms with Gasteiger partial charge in [0.1, 0.15) is 5.82 Å². The number of nitrogens with two attached hydrogens (primary N) is 1. The van der Waals surface area contributed by atoms with Crippen molar-refractivity contribution in [1.29, 1.82) is 0 Å². The van der Waals surface area contributed by atoms with Gasteiger partial charge in [0.25, 0.3) is 0 Å². The minimum Gasteiger partial charge on any atom is -0.395 e. The monoisotopic (exact) mass is 224 g/mol. The number of rotatable bonds is 5. The lowest BCUT2D eigenvalue weighted by Crippen LogP contribution is -2.30. The Morgan fingerprint density at radius 1 is 1.44 bits per heavy atom. The van der Waals surface area contributed by atoms with Crippen LogP contribution in [-0.4, -0.2) is 24.3 Å². The fourth-order valence-corrected chi connectivity index (χ4v) is 1.99. The summed E-state index contributed by atoms with van der Waals surface area (Å²) in [5.74, 6) is -0.260. The molecular weight excluding hydrogens is 207 g/mol.